The van der Waals surface area contributed by atoms with Crippen molar-refractivity contribution in [1.29, 1.82) is 5.26 Å². The molecule has 1 aliphatic heterocycles. The van der Waals surface area contributed by atoms with Gasteiger partial charge in [0.25, 0.3) is 0 Å². The first kappa shape index (κ1) is 20.6. The van der Waals surface area contributed by atoms with Crippen molar-refractivity contribution in [2.24, 2.45) is 5.92 Å². The summed E-state index contributed by atoms with van der Waals surface area (Å²) >= 11 is 0. The number of anilines is 1. The molecule has 3 rings (SSSR count). The minimum absolute atomic E-state index is 0.00382. The second kappa shape index (κ2) is 10.4. The standard InChI is InChI=1S/C22H32N4O2/c1-28-17-22(27)24-20-7-5-18(6-8-20)9-10-25-11-13-26(14-12-25)21-4-2-3-19(15-21)16-23/h2-4,15,18,20H,5-14,17H2,1H3,(H,24,27)/t18-,20-. The summed E-state index contributed by atoms with van der Waals surface area (Å²) in [5.74, 6) is 0.782. The molecule has 1 amide bonds. The topological polar surface area (TPSA) is 68.6 Å². The highest BCUT2D eigenvalue weighted by Crippen LogP contribution is 2.27. The van der Waals surface area contributed by atoms with Gasteiger partial charge in [0.05, 0.1) is 11.6 Å². The lowest BCUT2D eigenvalue weighted by Crippen LogP contribution is -2.47. The molecule has 0 unspecified atom stereocenters. The Morgan fingerprint density at radius 3 is 2.64 bits per heavy atom. The lowest BCUT2D eigenvalue weighted by molar-refractivity contribution is -0.125. The molecule has 0 bridgehead atoms. The quantitative estimate of drug-likeness (QED) is 0.782. The zero-order chi connectivity index (χ0) is 19.8. The van der Waals surface area contributed by atoms with E-state index in [0.29, 0.717) is 6.04 Å². The highest BCUT2D eigenvalue weighted by Gasteiger charge is 2.24. The number of nitrogens with one attached hydrogen (secondary N) is 1. The molecule has 0 radical (unpaired) electrons. The van der Waals surface area contributed by atoms with Crippen LogP contribution >= 0.6 is 0 Å². The smallest absolute Gasteiger partial charge is 0.246 e. The maximum Gasteiger partial charge on any atom is 0.246 e. The summed E-state index contributed by atoms with van der Waals surface area (Å²) < 4.78 is 4.88. The third kappa shape index (κ3) is 5.95. The monoisotopic (exact) mass is 384 g/mol. The minimum Gasteiger partial charge on any atom is -0.375 e. The number of amides is 1. The molecule has 1 aliphatic carbocycles. The highest BCUT2D eigenvalue weighted by molar-refractivity contribution is 5.77. The van der Waals surface area contributed by atoms with Crippen molar-refractivity contribution < 1.29 is 9.53 Å². The SMILES string of the molecule is COCC(=O)N[C@H]1CC[C@H](CCN2CCN(c3cccc(C#N)c3)CC2)CC1. The van der Waals surface area contributed by atoms with Crippen molar-refractivity contribution in [2.75, 3.05) is 51.3 Å². The Balaban J connectivity index is 1.34. The van der Waals surface area contributed by atoms with E-state index in [2.05, 4.69) is 27.3 Å². The molecule has 1 saturated heterocycles. The summed E-state index contributed by atoms with van der Waals surface area (Å²) in [6.45, 7) is 5.53. The molecule has 2 aliphatic rings. The first-order chi connectivity index (χ1) is 13.7. The van der Waals surface area contributed by atoms with Gasteiger partial charge in [-0.15, -0.1) is 0 Å². The number of carbonyl (C=O) groups is 1. The third-order valence-corrected chi connectivity index (χ3v) is 6.05. The van der Waals surface area contributed by atoms with Gasteiger partial charge in [0.15, 0.2) is 0 Å². The first-order valence-electron chi connectivity index (χ1n) is 10.4. The van der Waals surface area contributed by atoms with Crippen molar-refractivity contribution >= 4 is 11.6 Å². The van der Waals surface area contributed by atoms with Crippen LogP contribution in [-0.2, 0) is 9.53 Å². The lowest BCUT2D eigenvalue weighted by Gasteiger charge is -2.37. The van der Waals surface area contributed by atoms with Gasteiger partial charge in [-0.05, 0) is 62.8 Å². The fourth-order valence-electron chi connectivity index (χ4n) is 4.36. The molecule has 0 spiro atoms. The van der Waals surface area contributed by atoms with Gasteiger partial charge in [0, 0.05) is 45.0 Å². The minimum atomic E-state index is 0.00382. The van der Waals surface area contributed by atoms with Gasteiger partial charge in [-0.2, -0.15) is 5.26 Å². The van der Waals surface area contributed by atoms with E-state index in [9.17, 15) is 4.79 Å². The number of nitrogens with zero attached hydrogens (tertiary/aromatic N) is 3. The Morgan fingerprint density at radius 1 is 1.21 bits per heavy atom. The number of benzene rings is 1. The molecule has 1 N–H and O–H groups in total. The largest absolute Gasteiger partial charge is 0.375 e. The molecule has 152 valence electrons. The molecule has 1 aromatic rings. The summed E-state index contributed by atoms with van der Waals surface area (Å²) in [6.07, 6.45) is 5.84. The zero-order valence-corrected chi connectivity index (χ0v) is 16.9. The molecule has 0 atom stereocenters. The van der Waals surface area contributed by atoms with Gasteiger partial charge in [-0.3, -0.25) is 9.69 Å². The average molecular weight is 385 g/mol. The maximum absolute atomic E-state index is 11.6. The van der Waals surface area contributed by atoms with Gasteiger partial charge < -0.3 is 15.0 Å². The first-order valence-corrected chi connectivity index (χ1v) is 10.4. The molecule has 1 saturated carbocycles. The van der Waals surface area contributed by atoms with Crippen LogP contribution in [0.3, 0.4) is 0 Å². The van der Waals surface area contributed by atoms with Crippen LogP contribution in [0.5, 0.6) is 0 Å². The molecule has 1 aromatic carbocycles. The van der Waals surface area contributed by atoms with E-state index in [1.54, 1.807) is 7.11 Å². The molecular formula is C22H32N4O2. The van der Waals surface area contributed by atoms with E-state index in [4.69, 9.17) is 10.00 Å². The van der Waals surface area contributed by atoms with E-state index in [0.717, 1.165) is 62.7 Å². The Kier molecular flexibility index (Phi) is 7.70. The van der Waals surface area contributed by atoms with Gasteiger partial charge in [0.1, 0.15) is 6.61 Å². The predicted molar refractivity (Wildman–Crippen MR) is 110 cm³/mol. The number of methoxy groups -OCH3 is 1. The van der Waals surface area contributed by atoms with Crippen LogP contribution in [-0.4, -0.2) is 63.3 Å². The normalized spacial score (nSPS) is 23.2. The summed E-state index contributed by atoms with van der Waals surface area (Å²) in [4.78, 5) is 16.6. The number of nitriles is 1. The summed E-state index contributed by atoms with van der Waals surface area (Å²) in [7, 11) is 1.56. The van der Waals surface area contributed by atoms with Crippen molar-refractivity contribution in [2.45, 2.75) is 38.1 Å². The number of ether oxygens (including phenoxy) is 1. The van der Waals surface area contributed by atoms with E-state index in [1.165, 1.54) is 19.3 Å². The maximum atomic E-state index is 11.6. The van der Waals surface area contributed by atoms with E-state index in [1.807, 2.05) is 18.2 Å². The van der Waals surface area contributed by atoms with E-state index in [-0.39, 0.29) is 12.5 Å². The van der Waals surface area contributed by atoms with Gasteiger partial charge in [0.2, 0.25) is 5.91 Å². The summed E-state index contributed by atoms with van der Waals surface area (Å²) in [6, 6.07) is 10.5. The Labute approximate surface area is 168 Å². The van der Waals surface area contributed by atoms with Crippen LogP contribution in [0.2, 0.25) is 0 Å². The summed E-state index contributed by atoms with van der Waals surface area (Å²) in [5, 5.41) is 12.2. The Hall–Kier alpha value is -2.10. The zero-order valence-electron chi connectivity index (χ0n) is 16.9. The van der Waals surface area contributed by atoms with Crippen LogP contribution in [0.1, 0.15) is 37.7 Å². The molecule has 6 nitrogen and oxygen atoms in total. The molecule has 0 aromatic heterocycles. The van der Waals surface area contributed by atoms with Crippen LogP contribution in [0.4, 0.5) is 5.69 Å². The second-order valence-electron chi connectivity index (χ2n) is 8.00. The van der Waals surface area contributed by atoms with Crippen molar-refractivity contribution in [3.63, 3.8) is 0 Å². The number of hydrogen-bond donors (Lipinski definition) is 1. The molecule has 28 heavy (non-hydrogen) atoms. The van der Waals surface area contributed by atoms with Crippen LogP contribution in [0.15, 0.2) is 24.3 Å². The number of rotatable bonds is 7. The summed E-state index contributed by atoms with van der Waals surface area (Å²) in [5.41, 5.74) is 1.89. The van der Waals surface area contributed by atoms with Crippen molar-refractivity contribution in [1.82, 2.24) is 10.2 Å². The third-order valence-electron chi connectivity index (χ3n) is 6.05. The van der Waals surface area contributed by atoms with Crippen molar-refractivity contribution in [3.8, 4) is 6.07 Å². The van der Waals surface area contributed by atoms with E-state index >= 15 is 0 Å². The van der Waals surface area contributed by atoms with E-state index < -0.39 is 0 Å². The molecular weight excluding hydrogens is 352 g/mol. The van der Waals surface area contributed by atoms with Crippen LogP contribution < -0.4 is 10.2 Å². The van der Waals surface area contributed by atoms with Crippen LogP contribution in [0, 0.1) is 17.2 Å². The fourth-order valence-corrected chi connectivity index (χ4v) is 4.36. The van der Waals surface area contributed by atoms with Gasteiger partial charge >= 0.3 is 0 Å². The van der Waals surface area contributed by atoms with Crippen molar-refractivity contribution in [3.05, 3.63) is 29.8 Å². The molecule has 2 fully saturated rings. The van der Waals surface area contributed by atoms with Gasteiger partial charge in [-0.1, -0.05) is 6.07 Å². The predicted octanol–water partition coefficient (Wildman–Crippen LogP) is 2.39. The average Bonchev–Trinajstić information content (AvgIpc) is 2.74. The Morgan fingerprint density at radius 2 is 1.96 bits per heavy atom. The molecule has 1 heterocycles. The van der Waals surface area contributed by atoms with Gasteiger partial charge in [-0.25, -0.2) is 0 Å². The lowest BCUT2D eigenvalue weighted by atomic mass is 9.84. The number of hydrogen-bond acceptors (Lipinski definition) is 5. The van der Waals surface area contributed by atoms with Crippen LogP contribution in [0.25, 0.3) is 0 Å². The second-order valence-corrected chi connectivity index (χ2v) is 8.00. The highest BCUT2D eigenvalue weighted by atomic mass is 16.5. The number of piperazine rings is 1. The Bertz CT molecular complexity index is 671. The fraction of sp³-hybridized carbons (Fsp3) is 0.636. The number of carbonyl (C=O) groups excluding carboxylic acids is 1. The molecule has 6 heteroatoms.